The Kier molecular flexibility index (Phi) is 6.09. The van der Waals surface area contributed by atoms with Gasteiger partial charge >= 0.3 is 0 Å². The summed E-state index contributed by atoms with van der Waals surface area (Å²) in [6.07, 6.45) is 2.39. The van der Waals surface area contributed by atoms with Crippen molar-refractivity contribution in [2.45, 2.75) is 49.9 Å². The van der Waals surface area contributed by atoms with Crippen LogP contribution in [0, 0.1) is 0 Å². The van der Waals surface area contributed by atoms with Gasteiger partial charge in [-0.05, 0) is 35.3 Å². The van der Waals surface area contributed by atoms with E-state index in [1.807, 2.05) is 36.9 Å². The van der Waals surface area contributed by atoms with E-state index in [4.69, 9.17) is 0 Å². The van der Waals surface area contributed by atoms with Gasteiger partial charge in [-0.1, -0.05) is 76.2 Å². The van der Waals surface area contributed by atoms with E-state index in [0.29, 0.717) is 6.42 Å². The summed E-state index contributed by atoms with van der Waals surface area (Å²) in [4.78, 5) is 1.25. The minimum Gasteiger partial charge on any atom is -0.388 e. The molecular weight excluding hydrogens is 300 g/mol. The van der Waals surface area contributed by atoms with Gasteiger partial charge in [0.25, 0.3) is 0 Å². The average molecular weight is 327 g/mol. The molecule has 0 fully saturated rings. The van der Waals surface area contributed by atoms with Crippen LogP contribution in [0.15, 0.2) is 59.5 Å². The molecule has 0 aliphatic heterocycles. The van der Waals surface area contributed by atoms with E-state index in [9.17, 15) is 5.11 Å². The molecule has 1 N–H and O–H groups in total. The number of thioether (sulfide) groups is 1. The van der Waals surface area contributed by atoms with Crippen LogP contribution in [-0.2, 0) is 0 Å². The molecule has 2 aromatic carbocycles. The van der Waals surface area contributed by atoms with Crippen LogP contribution in [0.5, 0.6) is 0 Å². The Labute approximate surface area is 144 Å². The summed E-state index contributed by atoms with van der Waals surface area (Å²) >= 11 is 1.86. The molecule has 0 heterocycles. The number of hydrogen-bond donors (Lipinski definition) is 1. The first-order valence-corrected chi connectivity index (χ1v) is 8.95. The molecular formula is C21H26OS. The molecule has 2 heteroatoms. The lowest BCUT2D eigenvalue weighted by Crippen LogP contribution is -2.09. The van der Waals surface area contributed by atoms with Crippen LogP contribution in [0.25, 0.3) is 11.6 Å². The Balaban J connectivity index is 2.48. The number of hydrogen-bond acceptors (Lipinski definition) is 2. The van der Waals surface area contributed by atoms with Crippen LogP contribution in [-0.4, -0.2) is 16.0 Å². The second kappa shape index (κ2) is 7.85. The Bertz CT molecular complexity index is 653. The van der Waals surface area contributed by atoms with Crippen molar-refractivity contribution in [2.24, 2.45) is 0 Å². The standard InChI is InChI=1S/C21H26OS/c1-5-19(22)18(16-11-7-6-8-12-16)15-17-13-9-10-14-20(17)23-21(2,3)4/h6-15,19,22H,5H2,1-4H3/b18-15-. The second-order valence-electron chi connectivity index (χ2n) is 6.64. The lowest BCUT2D eigenvalue weighted by molar-refractivity contribution is 0.229. The molecule has 0 aromatic heterocycles. The molecule has 0 saturated carbocycles. The van der Waals surface area contributed by atoms with Gasteiger partial charge in [-0.25, -0.2) is 0 Å². The van der Waals surface area contributed by atoms with Gasteiger partial charge < -0.3 is 5.11 Å². The van der Waals surface area contributed by atoms with E-state index < -0.39 is 6.10 Å². The minimum absolute atomic E-state index is 0.153. The van der Waals surface area contributed by atoms with E-state index >= 15 is 0 Å². The molecule has 0 spiro atoms. The molecule has 0 radical (unpaired) electrons. The van der Waals surface area contributed by atoms with Crippen molar-refractivity contribution in [3.8, 4) is 0 Å². The first kappa shape index (κ1) is 17.8. The monoisotopic (exact) mass is 326 g/mol. The normalized spacial score (nSPS) is 13.9. The molecule has 23 heavy (non-hydrogen) atoms. The number of benzene rings is 2. The predicted molar refractivity (Wildman–Crippen MR) is 103 cm³/mol. The topological polar surface area (TPSA) is 20.2 Å². The minimum atomic E-state index is -0.454. The highest BCUT2D eigenvalue weighted by Gasteiger charge is 2.16. The highest BCUT2D eigenvalue weighted by molar-refractivity contribution is 8.00. The molecule has 2 aromatic rings. The highest BCUT2D eigenvalue weighted by atomic mass is 32.2. The van der Waals surface area contributed by atoms with Crippen LogP contribution in [0.2, 0.25) is 0 Å². The van der Waals surface area contributed by atoms with Gasteiger partial charge in [-0.2, -0.15) is 0 Å². The number of aliphatic hydroxyl groups is 1. The lowest BCUT2D eigenvalue weighted by Gasteiger charge is -2.20. The third-order valence-electron chi connectivity index (χ3n) is 3.50. The molecule has 0 aliphatic rings. The van der Waals surface area contributed by atoms with Crippen LogP contribution in [0.3, 0.4) is 0 Å². The summed E-state index contributed by atoms with van der Waals surface area (Å²) in [6.45, 7) is 8.67. The summed E-state index contributed by atoms with van der Waals surface area (Å²) in [5.41, 5.74) is 3.23. The van der Waals surface area contributed by atoms with Crippen molar-refractivity contribution in [1.82, 2.24) is 0 Å². The third-order valence-corrected chi connectivity index (χ3v) is 4.70. The summed E-state index contributed by atoms with van der Waals surface area (Å²) in [6, 6.07) is 18.6. The molecule has 2 rings (SSSR count). The maximum Gasteiger partial charge on any atom is 0.0793 e. The SMILES string of the molecule is CCC(O)/C(=C\c1ccccc1SC(C)(C)C)c1ccccc1. The fraction of sp³-hybridized carbons (Fsp3) is 0.333. The average Bonchev–Trinajstić information content (AvgIpc) is 2.52. The van der Waals surface area contributed by atoms with Gasteiger partial charge in [0.2, 0.25) is 0 Å². The fourth-order valence-electron chi connectivity index (χ4n) is 2.41. The van der Waals surface area contributed by atoms with Crippen molar-refractivity contribution >= 4 is 23.4 Å². The Morgan fingerprint density at radius 1 is 1.04 bits per heavy atom. The van der Waals surface area contributed by atoms with Gasteiger partial charge in [0.05, 0.1) is 6.10 Å². The fourth-order valence-corrected chi connectivity index (χ4v) is 3.46. The molecule has 1 unspecified atom stereocenters. The van der Waals surface area contributed by atoms with Gasteiger partial charge in [-0.3, -0.25) is 0 Å². The summed E-state index contributed by atoms with van der Waals surface area (Å²) in [7, 11) is 0. The van der Waals surface area contributed by atoms with Gasteiger partial charge in [-0.15, -0.1) is 11.8 Å². The van der Waals surface area contributed by atoms with Crippen LogP contribution in [0.4, 0.5) is 0 Å². The van der Waals surface area contributed by atoms with Crippen molar-refractivity contribution in [2.75, 3.05) is 0 Å². The summed E-state index contributed by atoms with van der Waals surface area (Å²) in [5, 5.41) is 10.5. The van der Waals surface area contributed by atoms with Crippen molar-refractivity contribution < 1.29 is 5.11 Å². The molecule has 1 atom stereocenters. The van der Waals surface area contributed by atoms with Crippen molar-refractivity contribution in [3.63, 3.8) is 0 Å². The van der Waals surface area contributed by atoms with Crippen LogP contribution in [0.1, 0.15) is 45.2 Å². The molecule has 0 amide bonds. The van der Waals surface area contributed by atoms with Gasteiger partial charge in [0.1, 0.15) is 0 Å². The Morgan fingerprint density at radius 3 is 2.26 bits per heavy atom. The van der Waals surface area contributed by atoms with E-state index in [-0.39, 0.29) is 4.75 Å². The van der Waals surface area contributed by atoms with E-state index in [1.165, 1.54) is 10.5 Å². The van der Waals surface area contributed by atoms with Crippen LogP contribution < -0.4 is 0 Å². The highest BCUT2D eigenvalue weighted by Crippen LogP contribution is 2.36. The zero-order valence-corrected chi connectivity index (χ0v) is 15.2. The Hall–Kier alpha value is -1.51. The molecule has 1 nitrogen and oxygen atoms in total. The summed E-state index contributed by atoms with van der Waals surface area (Å²) < 4.78 is 0.153. The van der Waals surface area contributed by atoms with Crippen molar-refractivity contribution in [3.05, 3.63) is 65.7 Å². The van der Waals surface area contributed by atoms with Crippen LogP contribution >= 0.6 is 11.8 Å². The van der Waals surface area contributed by atoms with Crippen molar-refractivity contribution in [1.29, 1.82) is 0 Å². The van der Waals surface area contributed by atoms with E-state index in [2.05, 4.69) is 63.2 Å². The maximum absolute atomic E-state index is 10.5. The lowest BCUT2D eigenvalue weighted by atomic mass is 9.96. The second-order valence-corrected chi connectivity index (χ2v) is 8.51. The maximum atomic E-state index is 10.5. The smallest absolute Gasteiger partial charge is 0.0793 e. The predicted octanol–water partition coefficient (Wildman–Crippen LogP) is 5.89. The third kappa shape index (κ3) is 5.26. The largest absolute Gasteiger partial charge is 0.388 e. The van der Waals surface area contributed by atoms with Gasteiger partial charge in [0, 0.05) is 9.64 Å². The van der Waals surface area contributed by atoms with E-state index in [0.717, 1.165) is 11.1 Å². The molecule has 122 valence electrons. The Morgan fingerprint density at radius 2 is 1.65 bits per heavy atom. The molecule has 0 aliphatic carbocycles. The molecule has 0 bridgehead atoms. The first-order chi connectivity index (χ1) is 10.9. The zero-order valence-electron chi connectivity index (χ0n) is 14.4. The quantitative estimate of drug-likeness (QED) is 0.546. The number of aliphatic hydroxyl groups excluding tert-OH is 1. The van der Waals surface area contributed by atoms with E-state index in [1.54, 1.807) is 0 Å². The van der Waals surface area contributed by atoms with Gasteiger partial charge in [0.15, 0.2) is 0 Å². The molecule has 0 saturated heterocycles. The zero-order chi connectivity index (χ0) is 16.9. The summed E-state index contributed by atoms with van der Waals surface area (Å²) in [5.74, 6) is 0. The number of rotatable bonds is 5. The first-order valence-electron chi connectivity index (χ1n) is 8.14.